The summed E-state index contributed by atoms with van der Waals surface area (Å²) >= 11 is 0. The van der Waals surface area contributed by atoms with Crippen LogP contribution >= 0.6 is 12.4 Å². The second kappa shape index (κ2) is 7.61. The van der Waals surface area contributed by atoms with Crippen LogP contribution in [-0.4, -0.2) is 40.5 Å². The summed E-state index contributed by atoms with van der Waals surface area (Å²) in [4.78, 5) is 13.6. The van der Waals surface area contributed by atoms with E-state index in [1.165, 1.54) is 6.92 Å². The Bertz CT molecular complexity index is 746. The summed E-state index contributed by atoms with van der Waals surface area (Å²) in [6.45, 7) is 6.52. The number of amides is 1. The van der Waals surface area contributed by atoms with E-state index in [0.29, 0.717) is 13.1 Å². The van der Waals surface area contributed by atoms with E-state index in [1.807, 2.05) is 6.07 Å². The molecular weight excluding hydrogens is 362 g/mol. The molecular formula is C17H26ClN3O3S. The van der Waals surface area contributed by atoms with Crippen LogP contribution in [0.5, 0.6) is 0 Å². The SMILES string of the molecule is CC(=O)N1CCc2ccc(S(=O)(=O)NCC3(C)CCNCC3)cc21.Cl. The monoisotopic (exact) mass is 387 g/mol. The number of carbonyl (C=O) groups excluding carboxylic acids is 1. The highest BCUT2D eigenvalue weighted by Gasteiger charge is 2.30. The number of piperidine rings is 1. The summed E-state index contributed by atoms with van der Waals surface area (Å²) in [6, 6.07) is 5.07. The van der Waals surface area contributed by atoms with Crippen LogP contribution in [0, 0.1) is 5.41 Å². The summed E-state index contributed by atoms with van der Waals surface area (Å²) in [7, 11) is -3.58. The fourth-order valence-electron chi connectivity index (χ4n) is 3.41. The van der Waals surface area contributed by atoms with Gasteiger partial charge in [-0.05, 0) is 55.5 Å². The first kappa shape index (κ1) is 20.2. The molecule has 0 saturated carbocycles. The number of anilines is 1. The highest BCUT2D eigenvalue weighted by molar-refractivity contribution is 7.89. The first-order chi connectivity index (χ1) is 11.3. The summed E-state index contributed by atoms with van der Waals surface area (Å²) in [6.07, 6.45) is 2.68. The number of halogens is 1. The summed E-state index contributed by atoms with van der Waals surface area (Å²) in [5.41, 5.74) is 1.73. The maximum absolute atomic E-state index is 12.7. The Balaban J connectivity index is 0.00000225. The van der Waals surface area contributed by atoms with Crippen molar-refractivity contribution in [3.05, 3.63) is 23.8 Å². The minimum atomic E-state index is -3.58. The average Bonchev–Trinajstić information content (AvgIpc) is 2.97. The van der Waals surface area contributed by atoms with Crippen LogP contribution in [0.15, 0.2) is 23.1 Å². The molecule has 140 valence electrons. The normalized spacial score (nSPS) is 19.2. The van der Waals surface area contributed by atoms with Gasteiger partial charge in [0.05, 0.1) is 4.90 Å². The molecule has 0 bridgehead atoms. The van der Waals surface area contributed by atoms with Gasteiger partial charge < -0.3 is 10.2 Å². The number of carbonyl (C=O) groups is 1. The standard InChI is InChI=1S/C17H25N3O3S.ClH/c1-13(21)20-10-5-14-3-4-15(11-16(14)20)24(22,23)19-12-17(2)6-8-18-9-7-17;/h3-4,11,18-19H,5-10,12H2,1-2H3;1H. The first-order valence-corrected chi connectivity index (χ1v) is 9.91. The van der Waals surface area contributed by atoms with Gasteiger partial charge in [0, 0.05) is 25.7 Å². The Labute approximate surface area is 155 Å². The van der Waals surface area contributed by atoms with Crippen molar-refractivity contribution in [2.45, 2.75) is 38.0 Å². The fraction of sp³-hybridized carbons (Fsp3) is 0.588. The summed E-state index contributed by atoms with van der Waals surface area (Å²) in [5.74, 6) is -0.0570. The van der Waals surface area contributed by atoms with Crippen molar-refractivity contribution < 1.29 is 13.2 Å². The maximum Gasteiger partial charge on any atom is 0.240 e. The lowest BCUT2D eigenvalue weighted by molar-refractivity contribution is -0.116. The van der Waals surface area contributed by atoms with Crippen LogP contribution in [0.25, 0.3) is 0 Å². The predicted molar refractivity (Wildman–Crippen MR) is 101 cm³/mol. The molecule has 1 fully saturated rings. The number of nitrogens with zero attached hydrogens (tertiary/aromatic N) is 1. The molecule has 0 spiro atoms. The Morgan fingerprint density at radius 2 is 2.00 bits per heavy atom. The molecule has 25 heavy (non-hydrogen) atoms. The maximum atomic E-state index is 12.7. The molecule has 2 heterocycles. The van der Waals surface area contributed by atoms with Gasteiger partial charge in [-0.25, -0.2) is 13.1 Å². The van der Waals surface area contributed by atoms with E-state index in [0.717, 1.165) is 43.6 Å². The third kappa shape index (κ3) is 4.34. The van der Waals surface area contributed by atoms with Gasteiger partial charge in [0.15, 0.2) is 0 Å². The minimum absolute atomic E-state index is 0. The fourth-order valence-corrected chi connectivity index (χ4v) is 4.63. The molecule has 2 aliphatic heterocycles. The Kier molecular flexibility index (Phi) is 6.14. The van der Waals surface area contributed by atoms with Gasteiger partial charge in [0.2, 0.25) is 15.9 Å². The van der Waals surface area contributed by atoms with Crippen LogP contribution in [0.4, 0.5) is 5.69 Å². The number of benzene rings is 1. The molecule has 8 heteroatoms. The van der Waals surface area contributed by atoms with Gasteiger partial charge in [-0.2, -0.15) is 0 Å². The van der Waals surface area contributed by atoms with Crippen molar-refractivity contribution in [2.75, 3.05) is 31.1 Å². The van der Waals surface area contributed by atoms with Crippen LogP contribution in [0.2, 0.25) is 0 Å². The molecule has 0 aliphatic carbocycles. The second-order valence-corrected chi connectivity index (χ2v) is 8.86. The molecule has 1 aromatic rings. The average molecular weight is 388 g/mol. The lowest BCUT2D eigenvalue weighted by Crippen LogP contribution is -2.42. The van der Waals surface area contributed by atoms with E-state index in [-0.39, 0.29) is 28.6 Å². The van der Waals surface area contributed by atoms with Crippen molar-refractivity contribution in [3.63, 3.8) is 0 Å². The van der Waals surface area contributed by atoms with Crippen molar-refractivity contribution >= 4 is 34.0 Å². The van der Waals surface area contributed by atoms with Crippen molar-refractivity contribution in [1.29, 1.82) is 0 Å². The van der Waals surface area contributed by atoms with E-state index in [4.69, 9.17) is 0 Å². The number of hydrogen-bond donors (Lipinski definition) is 2. The number of fused-ring (bicyclic) bond motifs is 1. The molecule has 2 N–H and O–H groups in total. The lowest BCUT2D eigenvalue weighted by atomic mass is 9.81. The largest absolute Gasteiger partial charge is 0.317 e. The van der Waals surface area contributed by atoms with Crippen molar-refractivity contribution in [2.24, 2.45) is 5.41 Å². The molecule has 2 aliphatic rings. The van der Waals surface area contributed by atoms with Gasteiger partial charge in [-0.3, -0.25) is 4.79 Å². The van der Waals surface area contributed by atoms with E-state index < -0.39 is 10.0 Å². The Morgan fingerprint density at radius 1 is 1.32 bits per heavy atom. The third-order valence-corrected chi connectivity index (χ3v) is 6.54. The molecule has 0 atom stereocenters. The lowest BCUT2D eigenvalue weighted by Gasteiger charge is -2.34. The zero-order valence-electron chi connectivity index (χ0n) is 14.7. The number of sulfonamides is 1. The molecule has 0 aromatic heterocycles. The Hall–Kier alpha value is -1.15. The van der Waals surface area contributed by atoms with E-state index in [1.54, 1.807) is 17.0 Å². The number of nitrogens with one attached hydrogen (secondary N) is 2. The highest BCUT2D eigenvalue weighted by Crippen LogP contribution is 2.31. The molecule has 0 unspecified atom stereocenters. The first-order valence-electron chi connectivity index (χ1n) is 8.42. The summed E-state index contributed by atoms with van der Waals surface area (Å²) in [5, 5.41) is 3.30. The molecule has 0 radical (unpaired) electrons. The zero-order valence-corrected chi connectivity index (χ0v) is 16.3. The number of rotatable bonds is 4. The van der Waals surface area contributed by atoms with E-state index in [9.17, 15) is 13.2 Å². The van der Waals surface area contributed by atoms with Crippen LogP contribution in [0.1, 0.15) is 32.3 Å². The highest BCUT2D eigenvalue weighted by atomic mass is 35.5. The molecule has 1 saturated heterocycles. The van der Waals surface area contributed by atoms with Crippen molar-refractivity contribution in [1.82, 2.24) is 10.0 Å². The molecule has 1 aromatic carbocycles. The van der Waals surface area contributed by atoms with Gasteiger partial charge in [0.1, 0.15) is 0 Å². The van der Waals surface area contributed by atoms with Gasteiger partial charge in [-0.15, -0.1) is 12.4 Å². The van der Waals surface area contributed by atoms with Crippen molar-refractivity contribution in [3.8, 4) is 0 Å². The molecule has 6 nitrogen and oxygen atoms in total. The van der Waals surface area contributed by atoms with Crippen LogP contribution < -0.4 is 14.9 Å². The zero-order chi connectivity index (χ0) is 17.4. The van der Waals surface area contributed by atoms with Crippen LogP contribution in [-0.2, 0) is 21.2 Å². The van der Waals surface area contributed by atoms with Gasteiger partial charge in [0.25, 0.3) is 0 Å². The van der Waals surface area contributed by atoms with Gasteiger partial charge in [-0.1, -0.05) is 13.0 Å². The third-order valence-electron chi connectivity index (χ3n) is 5.14. The van der Waals surface area contributed by atoms with Crippen LogP contribution in [0.3, 0.4) is 0 Å². The van der Waals surface area contributed by atoms with Gasteiger partial charge >= 0.3 is 0 Å². The number of hydrogen-bond acceptors (Lipinski definition) is 4. The van der Waals surface area contributed by atoms with E-state index in [2.05, 4.69) is 17.0 Å². The smallest absolute Gasteiger partial charge is 0.240 e. The topological polar surface area (TPSA) is 78.5 Å². The Morgan fingerprint density at radius 3 is 2.64 bits per heavy atom. The second-order valence-electron chi connectivity index (χ2n) is 7.10. The van der Waals surface area contributed by atoms with E-state index >= 15 is 0 Å². The summed E-state index contributed by atoms with van der Waals surface area (Å²) < 4.78 is 28.1. The quantitative estimate of drug-likeness (QED) is 0.824. The molecule has 1 amide bonds. The predicted octanol–water partition coefficient (Wildman–Crippen LogP) is 1.69. The molecule has 3 rings (SSSR count). The minimum Gasteiger partial charge on any atom is -0.317 e.